The molecule has 1 aliphatic rings. The van der Waals surface area contributed by atoms with Gasteiger partial charge < -0.3 is 18.8 Å². The number of esters is 1. The molecule has 2 aromatic heterocycles. The summed E-state index contributed by atoms with van der Waals surface area (Å²) in [5, 5.41) is 8.93. The van der Waals surface area contributed by atoms with Gasteiger partial charge in [0.15, 0.2) is 5.82 Å². The number of halogens is 3. The highest BCUT2D eigenvalue weighted by molar-refractivity contribution is 5.93. The Morgan fingerprint density at radius 2 is 1.78 bits per heavy atom. The number of aromatic nitrogens is 3. The second kappa shape index (κ2) is 12.3. The minimum absolute atomic E-state index is 0.109. The van der Waals surface area contributed by atoms with E-state index in [0.717, 1.165) is 17.6 Å². The molecule has 1 aliphatic heterocycles. The normalized spacial score (nSPS) is 15.5. The van der Waals surface area contributed by atoms with Crippen LogP contribution in [0.5, 0.6) is 5.88 Å². The van der Waals surface area contributed by atoms with Crippen molar-refractivity contribution in [1.29, 1.82) is 5.26 Å². The van der Waals surface area contributed by atoms with Gasteiger partial charge in [-0.15, -0.1) is 0 Å². The Labute approximate surface area is 263 Å². The molecule has 11 heteroatoms. The van der Waals surface area contributed by atoms with Crippen LogP contribution in [0, 0.1) is 34.2 Å². The SMILES string of the molecule is COC(=O)c1ccc2nc(Cc3ccc(-c4ccc(F)c(OCc5ccc(C#N)cc5F)n4)cc3F)n([C@@H]3COCC3(C)C)c2c1. The molecule has 3 aromatic carbocycles. The monoisotopic (exact) mass is 626 g/mol. The number of benzene rings is 3. The van der Waals surface area contributed by atoms with E-state index in [4.69, 9.17) is 24.5 Å². The molecule has 0 unspecified atom stereocenters. The molecule has 234 valence electrons. The zero-order chi connectivity index (χ0) is 32.6. The van der Waals surface area contributed by atoms with Gasteiger partial charge in [0.2, 0.25) is 0 Å². The third-order valence-corrected chi connectivity index (χ3v) is 8.20. The van der Waals surface area contributed by atoms with Crippen molar-refractivity contribution in [3.05, 3.63) is 112 Å². The number of pyridine rings is 1. The molecule has 1 atom stereocenters. The molecule has 5 aromatic rings. The molecule has 0 aliphatic carbocycles. The first-order chi connectivity index (χ1) is 22.1. The lowest BCUT2D eigenvalue weighted by molar-refractivity contribution is 0.0601. The van der Waals surface area contributed by atoms with Gasteiger partial charge in [0.1, 0.15) is 24.1 Å². The number of nitrogens with zero attached hydrogens (tertiary/aromatic N) is 4. The zero-order valence-electron chi connectivity index (χ0n) is 25.3. The van der Waals surface area contributed by atoms with Crippen molar-refractivity contribution in [3.63, 3.8) is 0 Å². The number of rotatable bonds is 8. The molecular weight excluding hydrogens is 597 g/mol. The van der Waals surface area contributed by atoms with Crippen LogP contribution in [0.3, 0.4) is 0 Å². The Morgan fingerprint density at radius 3 is 2.48 bits per heavy atom. The number of nitriles is 1. The van der Waals surface area contributed by atoms with Crippen molar-refractivity contribution in [1.82, 2.24) is 14.5 Å². The van der Waals surface area contributed by atoms with E-state index in [1.807, 2.05) is 10.6 Å². The molecule has 0 amide bonds. The smallest absolute Gasteiger partial charge is 0.337 e. The quantitative estimate of drug-likeness (QED) is 0.172. The molecule has 1 saturated heterocycles. The first-order valence-corrected chi connectivity index (χ1v) is 14.5. The van der Waals surface area contributed by atoms with Crippen molar-refractivity contribution >= 4 is 17.0 Å². The average Bonchev–Trinajstić information content (AvgIpc) is 3.58. The topological polar surface area (TPSA) is 99.3 Å². The molecule has 0 N–H and O–H groups in total. The Hall–Kier alpha value is -5.21. The molecule has 0 spiro atoms. The summed E-state index contributed by atoms with van der Waals surface area (Å²) in [5.41, 5.74) is 2.82. The van der Waals surface area contributed by atoms with Crippen molar-refractivity contribution in [2.24, 2.45) is 5.41 Å². The van der Waals surface area contributed by atoms with Crippen LogP contribution in [0.15, 0.2) is 66.7 Å². The maximum absolute atomic E-state index is 15.7. The van der Waals surface area contributed by atoms with Gasteiger partial charge in [-0.1, -0.05) is 32.0 Å². The number of methoxy groups -OCH3 is 1. The molecule has 6 rings (SSSR count). The average molecular weight is 627 g/mol. The van der Waals surface area contributed by atoms with E-state index < -0.39 is 23.4 Å². The van der Waals surface area contributed by atoms with E-state index >= 15 is 4.39 Å². The summed E-state index contributed by atoms with van der Waals surface area (Å²) in [4.78, 5) is 21.3. The molecular formula is C35H29F3N4O4. The Kier molecular flexibility index (Phi) is 8.23. The number of hydrogen-bond acceptors (Lipinski definition) is 7. The number of carbonyl (C=O) groups excluding carboxylic acids is 1. The Bertz CT molecular complexity index is 2020. The molecule has 0 saturated carbocycles. The zero-order valence-corrected chi connectivity index (χ0v) is 25.3. The highest BCUT2D eigenvalue weighted by Crippen LogP contribution is 2.40. The van der Waals surface area contributed by atoms with E-state index in [1.165, 1.54) is 31.4 Å². The first kappa shape index (κ1) is 30.8. The minimum Gasteiger partial charge on any atom is -0.471 e. The van der Waals surface area contributed by atoms with Crippen LogP contribution in [0.1, 0.15) is 52.8 Å². The molecule has 0 radical (unpaired) electrons. The summed E-state index contributed by atoms with van der Waals surface area (Å²) in [6.45, 7) is 4.84. The number of fused-ring (bicyclic) bond motifs is 1. The summed E-state index contributed by atoms with van der Waals surface area (Å²) in [6, 6.07) is 17.9. The van der Waals surface area contributed by atoms with E-state index in [2.05, 4.69) is 18.8 Å². The van der Waals surface area contributed by atoms with Crippen molar-refractivity contribution < 1.29 is 32.2 Å². The number of carbonyl (C=O) groups is 1. The minimum atomic E-state index is -0.761. The number of imidazole rings is 1. The Morgan fingerprint density at radius 1 is 1.00 bits per heavy atom. The van der Waals surface area contributed by atoms with Crippen molar-refractivity contribution in [3.8, 4) is 23.2 Å². The summed E-state index contributed by atoms with van der Waals surface area (Å²) < 4.78 is 62.7. The van der Waals surface area contributed by atoms with E-state index in [0.29, 0.717) is 41.2 Å². The van der Waals surface area contributed by atoms with Gasteiger partial charge in [0.25, 0.3) is 5.88 Å². The molecule has 8 nitrogen and oxygen atoms in total. The maximum atomic E-state index is 15.7. The third kappa shape index (κ3) is 5.91. The van der Waals surface area contributed by atoms with Gasteiger partial charge in [0.05, 0.1) is 60.3 Å². The standard InChI is InChI=1S/C35H29F3N4O4/c1-35(2)19-45-18-31(35)42-30-14-23(34(43)44-3)8-10-29(30)40-32(42)15-21-6-7-22(13-27(21)38)28-11-9-25(36)33(41-28)46-17-24-5-4-20(16-39)12-26(24)37/h4-14,31H,15,17-19H2,1-3H3/t31-/m1/s1. The molecule has 46 heavy (non-hydrogen) atoms. The van der Waals surface area contributed by atoms with E-state index in [-0.39, 0.29) is 47.2 Å². The summed E-state index contributed by atoms with van der Waals surface area (Å²) in [5.74, 6) is -2.16. The fourth-order valence-corrected chi connectivity index (χ4v) is 5.63. The fourth-order valence-electron chi connectivity index (χ4n) is 5.63. The predicted molar refractivity (Wildman–Crippen MR) is 163 cm³/mol. The van der Waals surface area contributed by atoms with Gasteiger partial charge in [-0.3, -0.25) is 0 Å². The highest BCUT2D eigenvalue weighted by atomic mass is 19.1. The van der Waals surface area contributed by atoms with Crippen LogP contribution in [0.4, 0.5) is 13.2 Å². The van der Waals surface area contributed by atoms with Gasteiger partial charge >= 0.3 is 5.97 Å². The summed E-state index contributed by atoms with van der Waals surface area (Å²) in [7, 11) is 1.32. The molecule has 0 bridgehead atoms. The lowest BCUT2D eigenvalue weighted by Crippen LogP contribution is -2.27. The largest absolute Gasteiger partial charge is 0.471 e. The Balaban J connectivity index is 1.29. The fraction of sp³-hybridized carbons (Fsp3) is 0.257. The van der Waals surface area contributed by atoms with Crippen LogP contribution < -0.4 is 4.74 Å². The van der Waals surface area contributed by atoms with E-state index in [1.54, 1.807) is 30.3 Å². The third-order valence-electron chi connectivity index (χ3n) is 8.20. The van der Waals surface area contributed by atoms with E-state index in [9.17, 15) is 13.6 Å². The lowest BCUT2D eigenvalue weighted by Gasteiger charge is -2.28. The van der Waals surface area contributed by atoms with Gasteiger partial charge in [-0.2, -0.15) is 5.26 Å². The van der Waals surface area contributed by atoms with Gasteiger partial charge in [-0.25, -0.2) is 27.9 Å². The number of hydrogen-bond donors (Lipinski definition) is 0. The van der Waals surface area contributed by atoms with Crippen LogP contribution in [-0.2, 0) is 22.5 Å². The predicted octanol–water partition coefficient (Wildman–Crippen LogP) is 6.94. The van der Waals surface area contributed by atoms with Crippen molar-refractivity contribution in [2.45, 2.75) is 32.9 Å². The highest BCUT2D eigenvalue weighted by Gasteiger charge is 2.39. The molecule has 1 fully saturated rings. The van der Waals surface area contributed by atoms with Crippen molar-refractivity contribution in [2.75, 3.05) is 20.3 Å². The summed E-state index contributed by atoms with van der Waals surface area (Å²) in [6.07, 6.45) is 0.155. The number of ether oxygens (including phenoxy) is 3. The van der Waals surface area contributed by atoms with Crippen LogP contribution in [0.2, 0.25) is 0 Å². The van der Waals surface area contributed by atoms with Gasteiger partial charge in [0, 0.05) is 23.0 Å². The lowest BCUT2D eigenvalue weighted by atomic mass is 9.87. The second-order valence-electron chi connectivity index (χ2n) is 11.8. The second-order valence-corrected chi connectivity index (χ2v) is 11.8. The van der Waals surface area contributed by atoms with Crippen LogP contribution in [-0.4, -0.2) is 40.8 Å². The van der Waals surface area contributed by atoms with Crippen LogP contribution >= 0.6 is 0 Å². The maximum Gasteiger partial charge on any atom is 0.337 e. The van der Waals surface area contributed by atoms with Crippen LogP contribution in [0.25, 0.3) is 22.3 Å². The first-order valence-electron chi connectivity index (χ1n) is 14.5. The molecule has 3 heterocycles. The van der Waals surface area contributed by atoms with Gasteiger partial charge in [-0.05, 0) is 54.1 Å². The summed E-state index contributed by atoms with van der Waals surface area (Å²) >= 11 is 0.